The zero-order valence-electron chi connectivity index (χ0n) is 20.2. The quantitative estimate of drug-likeness (QED) is 0.335. The summed E-state index contributed by atoms with van der Waals surface area (Å²) < 4.78 is 42.2. The van der Waals surface area contributed by atoms with Gasteiger partial charge in [-0.25, -0.2) is 28.5 Å². The van der Waals surface area contributed by atoms with Gasteiger partial charge in [-0.15, -0.1) is 0 Å². The lowest BCUT2D eigenvalue weighted by Gasteiger charge is -2.44. The summed E-state index contributed by atoms with van der Waals surface area (Å²) in [6.07, 6.45) is 4.50. The molecule has 0 atom stereocenters. The van der Waals surface area contributed by atoms with Crippen LogP contribution in [0, 0.1) is 18.6 Å². The molecule has 1 saturated heterocycles. The van der Waals surface area contributed by atoms with Crippen molar-refractivity contribution < 1.29 is 27.8 Å². The van der Waals surface area contributed by atoms with Crippen molar-refractivity contribution in [3.05, 3.63) is 70.4 Å². The number of rotatable bonds is 6. The van der Waals surface area contributed by atoms with E-state index in [9.17, 15) is 19.1 Å². The SMILES string of the molecule is Cc1nc2cc(F)c(-c3cnc(N4CC(C)(O)C4)nc3)cn2c1Cn1c(=O)oc2c(F)ccc(OC=O)c21. The van der Waals surface area contributed by atoms with Crippen molar-refractivity contribution in [1.82, 2.24) is 23.9 Å². The van der Waals surface area contributed by atoms with E-state index in [2.05, 4.69) is 15.0 Å². The molecule has 5 aromatic rings. The van der Waals surface area contributed by atoms with Gasteiger partial charge in [0.2, 0.25) is 5.95 Å². The Bertz CT molecular complexity index is 1780. The van der Waals surface area contributed by atoms with Crippen molar-refractivity contribution in [2.45, 2.75) is 26.0 Å². The van der Waals surface area contributed by atoms with Gasteiger partial charge in [0.05, 0.1) is 36.6 Å². The van der Waals surface area contributed by atoms with Gasteiger partial charge in [-0.3, -0.25) is 9.36 Å². The molecule has 0 radical (unpaired) electrons. The van der Waals surface area contributed by atoms with Crippen LogP contribution in [0.1, 0.15) is 18.3 Å². The number of pyridine rings is 1. The van der Waals surface area contributed by atoms with Gasteiger partial charge < -0.3 is 23.6 Å². The molecule has 0 saturated carbocycles. The number of hydrogen-bond donors (Lipinski definition) is 1. The first-order valence-corrected chi connectivity index (χ1v) is 11.5. The van der Waals surface area contributed by atoms with Gasteiger partial charge in [-0.05, 0) is 26.0 Å². The van der Waals surface area contributed by atoms with Crippen LogP contribution in [0.4, 0.5) is 14.7 Å². The Labute approximate surface area is 212 Å². The minimum atomic E-state index is -0.869. The van der Waals surface area contributed by atoms with Crippen LogP contribution in [0.2, 0.25) is 0 Å². The summed E-state index contributed by atoms with van der Waals surface area (Å²) in [6.45, 7) is 4.25. The van der Waals surface area contributed by atoms with Crippen LogP contribution >= 0.6 is 0 Å². The molecule has 5 heterocycles. The van der Waals surface area contributed by atoms with Crippen molar-refractivity contribution in [3.8, 4) is 16.9 Å². The van der Waals surface area contributed by atoms with E-state index in [4.69, 9.17) is 9.15 Å². The van der Waals surface area contributed by atoms with Crippen LogP contribution < -0.4 is 15.4 Å². The van der Waals surface area contributed by atoms with Crippen molar-refractivity contribution in [2.24, 2.45) is 0 Å². The molecule has 194 valence electrons. The Hall–Kier alpha value is -4.65. The molecular formula is C25H20F2N6O5. The lowest BCUT2D eigenvalue weighted by atomic mass is 9.98. The number of nitrogens with zero attached hydrogens (tertiary/aromatic N) is 6. The Morgan fingerprint density at radius 1 is 1.21 bits per heavy atom. The van der Waals surface area contributed by atoms with Crippen molar-refractivity contribution in [1.29, 1.82) is 0 Å². The molecule has 0 bridgehead atoms. The summed E-state index contributed by atoms with van der Waals surface area (Å²) in [5, 5.41) is 9.94. The Morgan fingerprint density at radius 2 is 1.95 bits per heavy atom. The van der Waals surface area contributed by atoms with Gasteiger partial charge in [0, 0.05) is 35.8 Å². The molecular weight excluding hydrogens is 502 g/mol. The van der Waals surface area contributed by atoms with E-state index in [0.717, 1.165) is 10.6 Å². The lowest BCUT2D eigenvalue weighted by Crippen LogP contribution is -2.60. The van der Waals surface area contributed by atoms with Crippen LogP contribution in [0.15, 0.2) is 46.0 Å². The van der Waals surface area contributed by atoms with Gasteiger partial charge in [0.25, 0.3) is 6.47 Å². The van der Waals surface area contributed by atoms with Gasteiger partial charge in [0.15, 0.2) is 17.1 Å². The largest absolute Gasteiger partial charge is 0.426 e. The molecule has 0 amide bonds. The molecule has 0 unspecified atom stereocenters. The minimum Gasteiger partial charge on any atom is -0.426 e. The first-order valence-electron chi connectivity index (χ1n) is 11.5. The molecule has 11 nitrogen and oxygen atoms in total. The third-order valence-corrected chi connectivity index (χ3v) is 6.51. The predicted molar refractivity (Wildman–Crippen MR) is 130 cm³/mol. The van der Waals surface area contributed by atoms with E-state index >= 15 is 4.39 Å². The average molecular weight is 522 g/mol. The number of halogens is 2. The fourth-order valence-electron chi connectivity index (χ4n) is 4.73. The van der Waals surface area contributed by atoms with Crippen LogP contribution in [-0.4, -0.2) is 54.2 Å². The number of imidazole rings is 1. The van der Waals surface area contributed by atoms with E-state index in [1.165, 1.54) is 30.7 Å². The summed E-state index contributed by atoms with van der Waals surface area (Å²) in [4.78, 5) is 38.5. The number of benzene rings is 1. The third kappa shape index (κ3) is 3.78. The van der Waals surface area contributed by atoms with Gasteiger partial charge in [-0.1, -0.05) is 0 Å². The molecule has 1 aliphatic heterocycles. The minimum absolute atomic E-state index is 0.0345. The highest BCUT2D eigenvalue weighted by molar-refractivity contribution is 5.82. The number of anilines is 1. The number of carbonyl (C=O) groups excluding carboxylic acids is 1. The Balaban J connectivity index is 1.42. The molecule has 1 aromatic carbocycles. The fraction of sp³-hybridized carbons (Fsp3) is 0.240. The molecule has 1 fully saturated rings. The first kappa shape index (κ1) is 23.7. The summed E-state index contributed by atoms with van der Waals surface area (Å²) in [7, 11) is 0. The van der Waals surface area contributed by atoms with E-state index in [-0.39, 0.29) is 41.1 Å². The second kappa shape index (κ2) is 8.45. The zero-order chi connectivity index (χ0) is 26.8. The van der Waals surface area contributed by atoms with Crippen LogP contribution in [0.5, 0.6) is 5.75 Å². The Kier molecular flexibility index (Phi) is 5.28. The van der Waals surface area contributed by atoms with E-state index in [1.54, 1.807) is 23.1 Å². The molecule has 1 aliphatic rings. The summed E-state index contributed by atoms with van der Waals surface area (Å²) in [6, 6.07) is 3.50. The molecule has 0 spiro atoms. The van der Waals surface area contributed by atoms with Crippen molar-refractivity contribution >= 4 is 29.2 Å². The molecule has 13 heteroatoms. The van der Waals surface area contributed by atoms with Crippen molar-refractivity contribution in [3.63, 3.8) is 0 Å². The number of ether oxygens (including phenoxy) is 1. The van der Waals surface area contributed by atoms with Gasteiger partial charge in [0.1, 0.15) is 17.0 Å². The van der Waals surface area contributed by atoms with Crippen LogP contribution in [0.25, 0.3) is 27.9 Å². The second-order valence-electron chi connectivity index (χ2n) is 9.42. The van der Waals surface area contributed by atoms with E-state index < -0.39 is 23.0 Å². The highest BCUT2D eigenvalue weighted by Gasteiger charge is 2.38. The van der Waals surface area contributed by atoms with Gasteiger partial charge >= 0.3 is 5.76 Å². The molecule has 38 heavy (non-hydrogen) atoms. The standard InChI is InChI=1S/C25H20F2N6O5/c1-13-18(9-33-21-19(37-12-34)4-3-16(26)22(21)38-24(33)35)32-8-15(17(27)5-20(32)30-13)14-6-28-23(29-7-14)31-10-25(2,36)11-31/h3-8,12,36H,9-11H2,1-2H3. The normalized spacial score (nSPS) is 14.7. The average Bonchev–Trinajstić information content (AvgIpc) is 3.35. The fourth-order valence-corrected chi connectivity index (χ4v) is 4.73. The lowest BCUT2D eigenvalue weighted by molar-refractivity contribution is -0.120. The molecule has 4 aromatic heterocycles. The van der Waals surface area contributed by atoms with Crippen molar-refractivity contribution in [2.75, 3.05) is 18.0 Å². The number of carbonyl (C=O) groups is 1. The Morgan fingerprint density at radius 3 is 2.63 bits per heavy atom. The number of hydrogen-bond acceptors (Lipinski definition) is 9. The zero-order valence-corrected chi connectivity index (χ0v) is 20.2. The van der Waals surface area contributed by atoms with Gasteiger partial charge in [-0.2, -0.15) is 0 Å². The third-order valence-electron chi connectivity index (χ3n) is 6.51. The summed E-state index contributed by atoms with van der Waals surface area (Å²) >= 11 is 0. The maximum absolute atomic E-state index is 15.1. The number of β-amino-alcohol motifs (C(OH)–C–C–N with tert-alkyl or cyclic N) is 1. The highest BCUT2D eigenvalue weighted by atomic mass is 19.1. The highest BCUT2D eigenvalue weighted by Crippen LogP contribution is 2.30. The second-order valence-corrected chi connectivity index (χ2v) is 9.42. The number of aliphatic hydroxyl groups is 1. The number of aryl methyl sites for hydroxylation is 1. The maximum atomic E-state index is 15.1. The topological polar surface area (TPSA) is 128 Å². The summed E-state index contributed by atoms with van der Waals surface area (Å²) in [5.74, 6) is -1.84. The number of fused-ring (bicyclic) bond motifs is 2. The predicted octanol–water partition coefficient (Wildman–Crippen LogP) is 2.44. The molecule has 0 aliphatic carbocycles. The molecule has 6 rings (SSSR count). The summed E-state index contributed by atoms with van der Waals surface area (Å²) in [5.41, 5.74) is 0.701. The van der Waals surface area contributed by atoms with E-state index in [1.807, 2.05) is 0 Å². The van der Waals surface area contributed by atoms with E-state index in [0.29, 0.717) is 36.0 Å². The first-order chi connectivity index (χ1) is 18.1. The number of oxazole rings is 1. The smallest absolute Gasteiger partial charge is 0.420 e. The van der Waals surface area contributed by atoms with Crippen LogP contribution in [-0.2, 0) is 11.3 Å². The number of aromatic nitrogens is 5. The molecule has 1 N–H and O–H groups in total. The maximum Gasteiger partial charge on any atom is 0.420 e. The van der Waals surface area contributed by atoms with Crippen LogP contribution in [0.3, 0.4) is 0 Å². The monoisotopic (exact) mass is 522 g/mol.